The summed E-state index contributed by atoms with van der Waals surface area (Å²) in [4.78, 5) is 12.2. The van der Waals surface area contributed by atoms with E-state index in [-0.39, 0.29) is 11.4 Å². The maximum Gasteiger partial charge on any atom is 0.255 e. The molecule has 0 saturated carbocycles. The van der Waals surface area contributed by atoms with Crippen molar-refractivity contribution in [2.75, 3.05) is 20.7 Å². The minimum Gasteiger partial charge on any atom is -0.497 e. The highest BCUT2D eigenvalue weighted by atomic mass is 32.2. The molecule has 1 N–H and O–H groups in total. The number of nitrogens with one attached hydrogen (secondary N) is 1. The molecule has 1 amide bonds. The van der Waals surface area contributed by atoms with E-state index >= 15 is 0 Å². The third-order valence-electron chi connectivity index (χ3n) is 4.31. The number of hydrogen-bond donors (Lipinski definition) is 1. The predicted molar refractivity (Wildman–Crippen MR) is 112 cm³/mol. The maximum absolute atomic E-state index is 12.8. The fraction of sp³-hybridized carbons (Fsp3) is 0.143. The minimum atomic E-state index is -3.80. The van der Waals surface area contributed by atoms with Crippen LogP contribution >= 0.6 is 0 Å². The molecule has 0 aliphatic carbocycles. The summed E-state index contributed by atoms with van der Waals surface area (Å²) in [6.07, 6.45) is 1.47. The van der Waals surface area contributed by atoms with Crippen LogP contribution in [0.5, 0.6) is 5.75 Å². The summed E-state index contributed by atoms with van der Waals surface area (Å²) in [7, 11) is -0.870. The number of carbonyl (C=O) groups excluding carboxylic acids is 1. The van der Waals surface area contributed by atoms with Crippen LogP contribution in [0.4, 0.5) is 0 Å². The number of nitrogens with zero attached hydrogens (tertiary/aromatic N) is 2. The van der Waals surface area contributed by atoms with E-state index in [1.165, 1.54) is 19.3 Å². The second-order valence-corrected chi connectivity index (χ2v) is 8.38. The zero-order valence-corrected chi connectivity index (χ0v) is 16.9. The molecule has 29 heavy (non-hydrogen) atoms. The van der Waals surface area contributed by atoms with Crippen LogP contribution in [0, 0.1) is 0 Å². The van der Waals surface area contributed by atoms with Crippen LogP contribution in [0.15, 0.2) is 76.7 Å². The third-order valence-corrected chi connectivity index (χ3v) is 6.11. The Balaban J connectivity index is 1.63. The van der Waals surface area contributed by atoms with Crippen LogP contribution in [0.2, 0.25) is 0 Å². The van der Waals surface area contributed by atoms with Gasteiger partial charge in [0.05, 0.1) is 24.8 Å². The zero-order valence-electron chi connectivity index (χ0n) is 16.1. The molecule has 0 fully saturated rings. The van der Waals surface area contributed by atoms with Crippen LogP contribution in [-0.4, -0.2) is 45.5 Å². The topological polar surface area (TPSA) is 88.1 Å². The number of likely N-dealkylation sites (N-methyl/N-ethyl adjacent to an activating group) is 1. The quantitative estimate of drug-likeness (QED) is 0.478. The lowest BCUT2D eigenvalue weighted by atomic mass is 10.1. The van der Waals surface area contributed by atoms with Gasteiger partial charge >= 0.3 is 0 Å². The molecule has 0 radical (unpaired) electrons. The average Bonchev–Trinajstić information content (AvgIpc) is 2.73. The van der Waals surface area contributed by atoms with Gasteiger partial charge in [-0.3, -0.25) is 4.79 Å². The number of carbonyl (C=O) groups is 1. The first-order valence-corrected chi connectivity index (χ1v) is 10.3. The number of methoxy groups -OCH3 is 1. The molecular formula is C21H21N3O4S. The fourth-order valence-electron chi connectivity index (χ4n) is 2.70. The molecule has 0 atom stereocenters. The monoisotopic (exact) mass is 411 g/mol. The highest BCUT2D eigenvalue weighted by molar-refractivity contribution is 7.89. The van der Waals surface area contributed by atoms with Gasteiger partial charge in [-0.2, -0.15) is 9.41 Å². The molecule has 0 saturated heterocycles. The largest absolute Gasteiger partial charge is 0.497 e. The van der Waals surface area contributed by atoms with E-state index in [0.29, 0.717) is 5.75 Å². The normalized spacial score (nSPS) is 11.8. The lowest BCUT2D eigenvalue weighted by Gasteiger charge is -2.16. The third kappa shape index (κ3) is 4.98. The van der Waals surface area contributed by atoms with Gasteiger partial charge in [0.1, 0.15) is 5.75 Å². The van der Waals surface area contributed by atoms with Crippen molar-refractivity contribution in [3.05, 3.63) is 72.3 Å². The standard InChI is InChI=1S/C21H21N3O4S/c1-24(15-21(25)23-22-14-16-7-10-19(28-2)11-8-16)29(26,27)20-12-9-17-5-3-4-6-18(17)13-20/h3-14H,15H2,1-2H3,(H,23,25). The van der Waals surface area contributed by atoms with Gasteiger partial charge in [0.15, 0.2) is 0 Å². The molecule has 0 aliphatic rings. The molecule has 7 nitrogen and oxygen atoms in total. The van der Waals surface area contributed by atoms with Gasteiger partial charge < -0.3 is 4.74 Å². The van der Waals surface area contributed by atoms with Crippen LogP contribution in [-0.2, 0) is 14.8 Å². The van der Waals surface area contributed by atoms with E-state index in [1.54, 1.807) is 43.5 Å². The summed E-state index contributed by atoms with van der Waals surface area (Å²) < 4.78 is 31.6. The Morgan fingerprint density at radius 3 is 2.45 bits per heavy atom. The fourth-order valence-corrected chi connectivity index (χ4v) is 3.86. The molecule has 0 spiro atoms. The molecule has 0 aliphatic heterocycles. The van der Waals surface area contributed by atoms with Gasteiger partial charge in [-0.15, -0.1) is 0 Å². The molecule has 3 aromatic rings. The highest BCUT2D eigenvalue weighted by Gasteiger charge is 2.23. The second-order valence-electron chi connectivity index (χ2n) is 6.34. The smallest absolute Gasteiger partial charge is 0.255 e. The van der Waals surface area contributed by atoms with E-state index in [0.717, 1.165) is 20.6 Å². The van der Waals surface area contributed by atoms with Gasteiger partial charge in [-0.25, -0.2) is 13.8 Å². The molecular weight excluding hydrogens is 390 g/mol. The lowest BCUT2D eigenvalue weighted by Crippen LogP contribution is -2.36. The first-order valence-electron chi connectivity index (χ1n) is 8.81. The number of benzene rings is 3. The van der Waals surface area contributed by atoms with E-state index in [4.69, 9.17) is 4.74 Å². The van der Waals surface area contributed by atoms with E-state index < -0.39 is 15.9 Å². The maximum atomic E-state index is 12.8. The summed E-state index contributed by atoms with van der Waals surface area (Å²) in [5, 5.41) is 5.62. The van der Waals surface area contributed by atoms with Crippen molar-refractivity contribution < 1.29 is 17.9 Å². The van der Waals surface area contributed by atoms with E-state index in [2.05, 4.69) is 10.5 Å². The SMILES string of the molecule is COc1ccc(C=NNC(=O)CN(C)S(=O)(=O)c2ccc3ccccc3c2)cc1. The first-order chi connectivity index (χ1) is 13.9. The van der Waals surface area contributed by atoms with Gasteiger partial charge in [0, 0.05) is 7.05 Å². The number of hydrazone groups is 1. The van der Waals surface area contributed by atoms with Crippen molar-refractivity contribution in [3.8, 4) is 5.75 Å². The minimum absolute atomic E-state index is 0.133. The summed E-state index contributed by atoms with van der Waals surface area (Å²) in [5.41, 5.74) is 3.10. The number of ether oxygens (including phenoxy) is 1. The predicted octanol–water partition coefficient (Wildman–Crippen LogP) is 2.62. The number of rotatable bonds is 7. The van der Waals surface area contributed by atoms with E-state index in [9.17, 15) is 13.2 Å². The summed E-state index contributed by atoms with van der Waals surface area (Å²) in [6, 6.07) is 19.5. The molecule has 0 aromatic heterocycles. The molecule has 0 unspecified atom stereocenters. The van der Waals surface area contributed by atoms with Crippen LogP contribution in [0.1, 0.15) is 5.56 Å². The van der Waals surface area contributed by atoms with Crippen molar-refractivity contribution >= 4 is 32.9 Å². The van der Waals surface area contributed by atoms with Gasteiger partial charge in [0.25, 0.3) is 5.91 Å². The Morgan fingerprint density at radius 1 is 1.07 bits per heavy atom. The van der Waals surface area contributed by atoms with Crippen molar-refractivity contribution in [3.63, 3.8) is 0 Å². The Labute approximate surface area is 169 Å². The first kappa shape index (κ1) is 20.5. The summed E-state index contributed by atoms with van der Waals surface area (Å²) in [5.74, 6) is 0.174. The number of hydrogen-bond acceptors (Lipinski definition) is 5. The highest BCUT2D eigenvalue weighted by Crippen LogP contribution is 2.21. The molecule has 3 aromatic carbocycles. The van der Waals surface area contributed by atoms with Crippen molar-refractivity contribution in [1.82, 2.24) is 9.73 Å². The Morgan fingerprint density at radius 2 is 1.76 bits per heavy atom. The Bertz CT molecular complexity index is 1140. The molecule has 8 heteroatoms. The van der Waals surface area contributed by atoms with Crippen LogP contribution < -0.4 is 10.2 Å². The number of fused-ring (bicyclic) bond motifs is 1. The molecule has 0 bridgehead atoms. The molecule has 3 rings (SSSR count). The number of amides is 1. The summed E-state index contributed by atoms with van der Waals surface area (Å²) >= 11 is 0. The van der Waals surface area contributed by atoms with E-state index in [1.807, 2.05) is 24.3 Å². The Hall–Kier alpha value is -3.23. The Kier molecular flexibility index (Phi) is 6.26. The van der Waals surface area contributed by atoms with Crippen molar-refractivity contribution in [2.24, 2.45) is 5.10 Å². The van der Waals surface area contributed by atoms with Gasteiger partial charge in [-0.05, 0) is 52.7 Å². The van der Waals surface area contributed by atoms with Gasteiger partial charge in [-0.1, -0.05) is 30.3 Å². The number of sulfonamides is 1. The van der Waals surface area contributed by atoms with Crippen molar-refractivity contribution in [2.45, 2.75) is 4.90 Å². The molecule has 0 heterocycles. The second kappa shape index (κ2) is 8.85. The van der Waals surface area contributed by atoms with Crippen LogP contribution in [0.3, 0.4) is 0 Å². The van der Waals surface area contributed by atoms with Crippen LogP contribution in [0.25, 0.3) is 10.8 Å². The molecule has 150 valence electrons. The zero-order chi connectivity index (χ0) is 20.9. The average molecular weight is 411 g/mol. The van der Waals surface area contributed by atoms with Crippen molar-refractivity contribution in [1.29, 1.82) is 0 Å². The lowest BCUT2D eigenvalue weighted by molar-refractivity contribution is -0.121. The van der Waals surface area contributed by atoms with Gasteiger partial charge in [0.2, 0.25) is 10.0 Å². The summed E-state index contributed by atoms with van der Waals surface area (Å²) in [6.45, 7) is -0.352.